The zero-order valence-corrected chi connectivity index (χ0v) is 8.08. The fourth-order valence-corrected chi connectivity index (χ4v) is 1.18. The predicted octanol–water partition coefficient (Wildman–Crippen LogP) is 2.45. The zero-order valence-electron chi connectivity index (χ0n) is 4.92. The summed E-state index contributed by atoms with van der Waals surface area (Å²) in [7, 11) is 0. The van der Waals surface area contributed by atoms with Crippen molar-refractivity contribution in [2.24, 2.45) is 0 Å². The molecule has 1 rings (SSSR count). The molecule has 0 saturated heterocycles. The van der Waals surface area contributed by atoms with Crippen LogP contribution in [-0.4, -0.2) is 9.97 Å². The highest BCUT2D eigenvalue weighted by molar-refractivity contribution is 9.08. The van der Waals surface area contributed by atoms with Crippen LogP contribution in [0.15, 0.2) is 12.4 Å². The number of nitrogens with zero attached hydrogens (tertiary/aromatic N) is 2. The molecule has 0 aromatic carbocycles. The van der Waals surface area contributed by atoms with E-state index in [9.17, 15) is 0 Å². The van der Waals surface area contributed by atoms with Gasteiger partial charge in [0.2, 0.25) is 0 Å². The summed E-state index contributed by atoms with van der Waals surface area (Å²) in [5, 5.41) is 1.12. The van der Waals surface area contributed by atoms with E-state index in [1.165, 1.54) is 0 Å². The third kappa shape index (κ3) is 2.40. The number of hydrogen-bond donors (Lipinski definition) is 0. The second-order valence-corrected chi connectivity index (χ2v) is 2.35. The van der Waals surface area contributed by atoms with Gasteiger partial charge in [0.25, 0.3) is 0 Å². The van der Waals surface area contributed by atoms with Gasteiger partial charge in [0.05, 0.1) is 5.69 Å². The molecule has 1 heterocycles. The first-order chi connectivity index (χ1) is 4.34. The van der Waals surface area contributed by atoms with Gasteiger partial charge in [-0.15, -0.1) is 12.4 Å². The Morgan fingerprint density at radius 1 is 1.40 bits per heavy atom. The smallest absolute Gasteiger partial charge is 0.151 e. The molecule has 1 aromatic rings. The Bertz CT molecular complexity index is 207. The van der Waals surface area contributed by atoms with Crippen LogP contribution in [0.3, 0.4) is 0 Å². The van der Waals surface area contributed by atoms with Crippen molar-refractivity contribution in [1.29, 1.82) is 0 Å². The van der Waals surface area contributed by atoms with Crippen LogP contribution < -0.4 is 0 Å². The monoisotopic (exact) mass is 242 g/mol. The summed E-state index contributed by atoms with van der Waals surface area (Å²) in [6.07, 6.45) is 3.18. The minimum atomic E-state index is 0. The van der Waals surface area contributed by atoms with E-state index >= 15 is 0 Å². The molecule has 2 nitrogen and oxygen atoms in total. The Labute approximate surface area is 78.6 Å². The van der Waals surface area contributed by atoms with Crippen molar-refractivity contribution in [2.45, 2.75) is 5.33 Å². The lowest BCUT2D eigenvalue weighted by molar-refractivity contribution is 1.11. The second kappa shape index (κ2) is 4.88. The highest BCUT2D eigenvalue weighted by Gasteiger charge is 1.96. The van der Waals surface area contributed by atoms with E-state index in [2.05, 4.69) is 25.9 Å². The van der Waals surface area contributed by atoms with Crippen LogP contribution in [0.4, 0.5) is 0 Å². The van der Waals surface area contributed by atoms with Gasteiger partial charge in [0.1, 0.15) is 0 Å². The second-order valence-electron chi connectivity index (χ2n) is 1.43. The molecule has 0 saturated carbocycles. The molecule has 0 bridgehead atoms. The molecule has 0 aliphatic rings. The molecule has 0 unspecified atom stereocenters. The van der Waals surface area contributed by atoms with E-state index in [4.69, 9.17) is 11.6 Å². The maximum Gasteiger partial charge on any atom is 0.151 e. The van der Waals surface area contributed by atoms with Crippen molar-refractivity contribution < 1.29 is 0 Å². The quantitative estimate of drug-likeness (QED) is 0.709. The van der Waals surface area contributed by atoms with Gasteiger partial charge >= 0.3 is 0 Å². The SMILES string of the molecule is Cl.Clc1nccnc1CBr. The number of halogens is 3. The van der Waals surface area contributed by atoms with Crippen LogP contribution in [-0.2, 0) is 5.33 Å². The molecule has 0 radical (unpaired) electrons. The molecule has 0 fully saturated rings. The Morgan fingerprint density at radius 2 is 2.00 bits per heavy atom. The summed E-state index contributed by atoms with van der Waals surface area (Å²) in [5.41, 5.74) is 0.777. The molecule has 0 amide bonds. The van der Waals surface area contributed by atoms with Crippen LogP contribution in [0.2, 0.25) is 5.15 Å². The summed E-state index contributed by atoms with van der Waals surface area (Å²) < 4.78 is 0. The van der Waals surface area contributed by atoms with Crippen LogP contribution in [0, 0.1) is 0 Å². The van der Waals surface area contributed by atoms with Gasteiger partial charge in [-0.3, -0.25) is 4.98 Å². The van der Waals surface area contributed by atoms with E-state index in [1.54, 1.807) is 12.4 Å². The number of rotatable bonds is 1. The molecule has 1 aromatic heterocycles. The molecule has 0 atom stereocenters. The van der Waals surface area contributed by atoms with Crippen molar-refractivity contribution in [1.82, 2.24) is 9.97 Å². The highest BCUT2D eigenvalue weighted by Crippen LogP contribution is 2.10. The molecular weight excluding hydrogens is 239 g/mol. The highest BCUT2D eigenvalue weighted by atomic mass is 79.9. The van der Waals surface area contributed by atoms with Gasteiger partial charge < -0.3 is 0 Å². The summed E-state index contributed by atoms with van der Waals surface area (Å²) in [5.74, 6) is 0. The molecule has 0 N–H and O–H groups in total. The van der Waals surface area contributed by atoms with Crippen LogP contribution in [0.5, 0.6) is 0 Å². The predicted molar refractivity (Wildman–Crippen MR) is 46.9 cm³/mol. The Morgan fingerprint density at radius 3 is 2.40 bits per heavy atom. The van der Waals surface area contributed by atoms with Gasteiger partial charge in [-0.1, -0.05) is 27.5 Å². The summed E-state index contributed by atoms with van der Waals surface area (Å²) in [4.78, 5) is 7.78. The first-order valence-corrected chi connectivity index (χ1v) is 3.86. The lowest BCUT2D eigenvalue weighted by Crippen LogP contribution is -1.86. The Kier molecular flexibility index (Phi) is 4.95. The maximum absolute atomic E-state index is 5.62. The minimum absolute atomic E-state index is 0. The molecular formula is C5H5BrCl2N2. The average molecular weight is 244 g/mol. The van der Waals surface area contributed by atoms with Crippen LogP contribution in [0.25, 0.3) is 0 Å². The van der Waals surface area contributed by atoms with Gasteiger partial charge in [-0.05, 0) is 0 Å². The molecule has 0 aliphatic heterocycles. The Hall–Kier alpha value is 0.140. The van der Waals surface area contributed by atoms with Gasteiger partial charge in [0, 0.05) is 17.7 Å². The van der Waals surface area contributed by atoms with Crippen molar-refractivity contribution in [2.75, 3.05) is 0 Å². The number of hydrogen-bond acceptors (Lipinski definition) is 2. The third-order valence-electron chi connectivity index (χ3n) is 0.850. The van der Waals surface area contributed by atoms with E-state index < -0.39 is 0 Å². The van der Waals surface area contributed by atoms with E-state index in [0.29, 0.717) is 10.5 Å². The van der Waals surface area contributed by atoms with E-state index in [0.717, 1.165) is 5.69 Å². The van der Waals surface area contributed by atoms with Crippen molar-refractivity contribution >= 4 is 39.9 Å². The lowest BCUT2D eigenvalue weighted by atomic mass is 10.5. The summed E-state index contributed by atoms with van der Waals surface area (Å²) in [6.45, 7) is 0. The van der Waals surface area contributed by atoms with Crippen molar-refractivity contribution in [3.8, 4) is 0 Å². The van der Waals surface area contributed by atoms with Gasteiger partial charge in [-0.25, -0.2) is 4.98 Å². The standard InChI is InChI=1S/C5H4BrClN2.ClH/c6-3-4-5(7)9-2-1-8-4;/h1-2H,3H2;1H. The van der Waals surface area contributed by atoms with E-state index in [1.807, 2.05) is 0 Å². The molecule has 0 aliphatic carbocycles. The topological polar surface area (TPSA) is 25.8 Å². The van der Waals surface area contributed by atoms with Crippen LogP contribution in [0.1, 0.15) is 5.69 Å². The first kappa shape index (κ1) is 10.1. The maximum atomic E-state index is 5.62. The lowest BCUT2D eigenvalue weighted by Gasteiger charge is -1.93. The normalized spacial score (nSPS) is 8.60. The minimum Gasteiger partial charge on any atom is -0.256 e. The Balaban J connectivity index is 0.000000810. The van der Waals surface area contributed by atoms with Gasteiger partial charge in [-0.2, -0.15) is 0 Å². The van der Waals surface area contributed by atoms with Crippen molar-refractivity contribution in [3.05, 3.63) is 23.2 Å². The zero-order chi connectivity index (χ0) is 6.69. The van der Waals surface area contributed by atoms with E-state index in [-0.39, 0.29) is 12.4 Å². The molecule has 5 heteroatoms. The fourth-order valence-electron chi connectivity index (χ4n) is 0.439. The molecule has 56 valence electrons. The van der Waals surface area contributed by atoms with Crippen LogP contribution >= 0.6 is 39.9 Å². The molecule has 10 heavy (non-hydrogen) atoms. The third-order valence-corrected chi connectivity index (χ3v) is 1.70. The number of alkyl halides is 1. The summed E-state index contributed by atoms with van der Waals surface area (Å²) in [6, 6.07) is 0. The average Bonchev–Trinajstić information content (AvgIpc) is 1.89. The van der Waals surface area contributed by atoms with Gasteiger partial charge in [0.15, 0.2) is 5.15 Å². The van der Waals surface area contributed by atoms with Crippen molar-refractivity contribution in [3.63, 3.8) is 0 Å². The summed E-state index contributed by atoms with van der Waals surface area (Å²) >= 11 is 8.84. The largest absolute Gasteiger partial charge is 0.256 e. The molecule has 0 spiro atoms. The number of aromatic nitrogens is 2. The first-order valence-electron chi connectivity index (χ1n) is 2.36. The fraction of sp³-hybridized carbons (Fsp3) is 0.200.